The zero-order chi connectivity index (χ0) is 23.5. The van der Waals surface area contributed by atoms with Crippen molar-refractivity contribution in [2.45, 2.75) is 6.92 Å². The third-order valence-corrected chi connectivity index (χ3v) is 5.34. The summed E-state index contributed by atoms with van der Waals surface area (Å²) in [5, 5.41) is 8.47. The first-order valence-electron chi connectivity index (χ1n) is 10.8. The van der Waals surface area contributed by atoms with E-state index in [2.05, 4.69) is 5.32 Å². The Kier molecular flexibility index (Phi) is 5.74. The molecule has 5 aromatic rings. The lowest BCUT2D eigenvalue weighted by Crippen LogP contribution is -2.20. The number of benzene rings is 3. The number of aryl methyl sites for hydroxylation is 1. The summed E-state index contributed by atoms with van der Waals surface area (Å²) >= 11 is 0. The molecule has 0 aliphatic carbocycles. The van der Waals surface area contributed by atoms with Crippen LogP contribution >= 0.6 is 0 Å². The van der Waals surface area contributed by atoms with E-state index in [1.807, 2.05) is 67.6 Å². The number of rotatable bonds is 6. The van der Waals surface area contributed by atoms with Gasteiger partial charge in [0.05, 0.1) is 11.1 Å². The summed E-state index contributed by atoms with van der Waals surface area (Å²) in [6.07, 6.45) is 0. The van der Waals surface area contributed by atoms with E-state index in [4.69, 9.17) is 14.8 Å². The van der Waals surface area contributed by atoms with Gasteiger partial charge >= 0.3 is 0 Å². The molecule has 0 saturated carbocycles. The van der Waals surface area contributed by atoms with Gasteiger partial charge in [-0.15, -0.1) is 0 Å². The Labute approximate surface area is 195 Å². The molecule has 168 valence electrons. The molecule has 0 saturated heterocycles. The van der Waals surface area contributed by atoms with Gasteiger partial charge in [-0.05, 0) is 48.9 Å². The second-order valence-corrected chi connectivity index (χ2v) is 7.78. The third kappa shape index (κ3) is 4.36. The number of amides is 1. The van der Waals surface area contributed by atoms with E-state index in [0.717, 1.165) is 27.9 Å². The Balaban J connectivity index is 1.48. The maximum Gasteiger partial charge on any atom is 0.262 e. The number of pyridine rings is 1. The first kappa shape index (κ1) is 21.3. The molecule has 0 fully saturated rings. The van der Waals surface area contributed by atoms with Gasteiger partial charge in [0, 0.05) is 17.3 Å². The van der Waals surface area contributed by atoms with Gasteiger partial charge < -0.3 is 10.1 Å². The number of halogens is 1. The van der Waals surface area contributed by atoms with E-state index in [0.29, 0.717) is 17.2 Å². The van der Waals surface area contributed by atoms with Crippen molar-refractivity contribution in [3.05, 3.63) is 102 Å². The molecule has 0 aliphatic rings. The Bertz CT molecular complexity index is 1450. The number of para-hydroxylation sites is 1. The van der Waals surface area contributed by atoms with E-state index in [1.54, 1.807) is 10.7 Å². The number of carbonyl (C=O) groups is 1. The van der Waals surface area contributed by atoms with E-state index in [1.165, 1.54) is 24.3 Å². The Hall–Kier alpha value is -4.52. The van der Waals surface area contributed by atoms with Gasteiger partial charge in [0.15, 0.2) is 12.3 Å². The number of aromatic nitrogens is 3. The highest BCUT2D eigenvalue weighted by molar-refractivity contribution is 5.95. The highest BCUT2D eigenvalue weighted by Gasteiger charge is 2.19. The van der Waals surface area contributed by atoms with Crippen LogP contribution in [0.15, 0.2) is 91.0 Å². The summed E-state index contributed by atoms with van der Waals surface area (Å²) in [5.41, 5.74) is 4.74. The summed E-state index contributed by atoms with van der Waals surface area (Å²) in [6.45, 7) is 1.74. The second-order valence-electron chi connectivity index (χ2n) is 7.78. The van der Waals surface area contributed by atoms with Crippen molar-refractivity contribution in [3.63, 3.8) is 0 Å². The standard InChI is InChI=1S/C27H21FN4O2/c1-18-16-24(34-17-23(33)29-21-14-12-20(28)13-15-21)30-27-25(18)26(19-8-4-2-5-9-19)31-32(27)22-10-6-3-7-11-22/h2-16H,17H2,1H3,(H,29,33). The van der Waals surface area contributed by atoms with E-state index in [9.17, 15) is 9.18 Å². The van der Waals surface area contributed by atoms with Crippen LogP contribution in [0.5, 0.6) is 5.88 Å². The molecule has 0 bridgehead atoms. The van der Waals surface area contributed by atoms with Crippen LogP contribution in [0.1, 0.15) is 5.56 Å². The fourth-order valence-electron chi connectivity index (χ4n) is 3.76. The fraction of sp³-hybridized carbons (Fsp3) is 0.0741. The zero-order valence-electron chi connectivity index (χ0n) is 18.4. The summed E-state index contributed by atoms with van der Waals surface area (Å²) < 4.78 is 20.6. The average molecular weight is 452 g/mol. The number of fused-ring (bicyclic) bond motifs is 1. The molecule has 0 atom stereocenters. The van der Waals surface area contributed by atoms with Crippen molar-refractivity contribution in [2.75, 3.05) is 11.9 Å². The normalized spacial score (nSPS) is 10.9. The maximum absolute atomic E-state index is 13.1. The maximum atomic E-state index is 13.1. The molecule has 1 N–H and O–H groups in total. The van der Waals surface area contributed by atoms with Crippen LogP contribution in [0.25, 0.3) is 28.0 Å². The Morgan fingerprint density at radius 2 is 1.65 bits per heavy atom. The minimum absolute atomic E-state index is 0.236. The highest BCUT2D eigenvalue weighted by Crippen LogP contribution is 2.33. The molecule has 2 aromatic heterocycles. The van der Waals surface area contributed by atoms with Crippen LogP contribution < -0.4 is 10.1 Å². The van der Waals surface area contributed by atoms with Crippen LogP contribution in [0.2, 0.25) is 0 Å². The Morgan fingerprint density at radius 3 is 2.35 bits per heavy atom. The first-order chi connectivity index (χ1) is 16.6. The SMILES string of the molecule is Cc1cc(OCC(=O)Nc2ccc(F)cc2)nc2c1c(-c1ccccc1)nn2-c1ccccc1. The smallest absolute Gasteiger partial charge is 0.262 e. The minimum Gasteiger partial charge on any atom is -0.467 e. The van der Waals surface area contributed by atoms with Crippen LogP contribution in [0.4, 0.5) is 10.1 Å². The molecule has 7 heteroatoms. The summed E-state index contributed by atoms with van der Waals surface area (Å²) in [7, 11) is 0. The van der Waals surface area contributed by atoms with Crippen molar-refractivity contribution < 1.29 is 13.9 Å². The van der Waals surface area contributed by atoms with Gasteiger partial charge in [-0.3, -0.25) is 4.79 Å². The topological polar surface area (TPSA) is 69.0 Å². The predicted molar refractivity (Wildman–Crippen MR) is 130 cm³/mol. The van der Waals surface area contributed by atoms with E-state index < -0.39 is 0 Å². The lowest BCUT2D eigenvalue weighted by molar-refractivity contribution is -0.118. The molecule has 3 aromatic carbocycles. The molecule has 6 nitrogen and oxygen atoms in total. The molecule has 34 heavy (non-hydrogen) atoms. The number of hydrogen-bond donors (Lipinski definition) is 1. The Morgan fingerprint density at radius 1 is 0.971 bits per heavy atom. The molecule has 2 heterocycles. The van der Waals surface area contributed by atoms with Gasteiger partial charge in [0.1, 0.15) is 11.5 Å². The van der Waals surface area contributed by atoms with Gasteiger partial charge in [-0.2, -0.15) is 10.1 Å². The minimum atomic E-state index is -0.368. The number of nitrogens with zero attached hydrogens (tertiary/aromatic N) is 3. The average Bonchev–Trinajstić information content (AvgIpc) is 3.25. The number of nitrogens with one attached hydrogen (secondary N) is 1. The quantitative estimate of drug-likeness (QED) is 0.367. The van der Waals surface area contributed by atoms with E-state index in [-0.39, 0.29) is 18.3 Å². The molecular formula is C27H21FN4O2. The molecule has 5 rings (SSSR count). The second kappa shape index (κ2) is 9.15. The molecular weight excluding hydrogens is 431 g/mol. The van der Waals surface area contributed by atoms with Crippen molar-refractivity contribution >= 4 is 22.6 Å². The molecule has 0 spiro atoms. The summed E-state index contributed by atoms with van der Waals surface area (Å²) in [4.78, 5) is 17.0. The summed E-state index contributed by atoms with van der Waals surface area (Å²) in [5.74, 6) is -0.421. The number of ether oxygens (including phenoxy) is 1. The van der Waals surface area contributed by atoms with Crippen molar-refractivity contribution in [2.24, 2.45) is 0 Å². The lowest BCUT2D eigenvalue weighted by Gasteiger charge is -2.09. The number of anilines is 1. The predicted octanol–water partition coefficient (Wildman–Crippen LogP) is 5.55. The third-order valence-electron chi connectivity index (χ3n) is 5.34. The number of hydrogen-bond acceptors (Lipinski definition) is 4. The zero-order valence-corrected chi connectivity index (χ0v) is 18.4. The largest absolute Gasteiger partial charge is 0.467 e. The molecule has 0 aliphatic heterocycles. The van der Waals surface area contributed by atoms with Crippen molar-refractivity contribution in [1.29, 1.82) is 0 Å². The highest BCUT2D eigenvalue weighted by atomic mass is 19.1. The molecule has 0 unspecified atom stereocenters. The first-order valence-corrected chi connectivity index (χ1v) is 10.8. The number of carbonyl (C=O) groups excluding carboxylic acids is 1. The van der Waals surface area contributed by atoms with Crippen LogP contribution in [-0.2, 0) is 4.79 Å². The van der Waals surface area contributed by atoms with Crippen LogP contribution in [-0.4, -0.2) is 27.3 Å². The van der Waals surface area contributed by atoms with Crippen molar-refractivity contribution in [3.8, 4) is 22.8 Å². The molecule has 0 radical (unpaired) electrons. The van der Waals surface area contributed by atoms with E-state index >= 15 is 0 Å². The van der Waals surface area contributed by atoms with Gasteiger partial charge in [-0.1, -0.05) is 48.5 Å². The van der Waals surface area contributed by atoms with Crippen molar-refractivity contribution in [1.82, 2.24) is 14.8 Å². The van der Waals surface area contributed by atoms with Gasteiger partial charge in [0.25, 0.3) is 5.91 Å². The fourth-order valence-corrected chi connectivity index (χ4v) is 3.76. The molecule has 1 amide bonds. The van der Waals surface area contributed by atoms with Crippen LogP contribution in [0, 0.1) is 12.7 Å². The van der Waals surface area contributed by atoms with Gasteiger partial charge in [-0.25, -0.2) is 9.07 Å². The monoisotopic (exact) mass is 452 g/mol. The van der Waals surface area contributed by atoms with Crippen LogP contribution in [0.3, 0.4) is 0 Å². The summed E-state index contributed by atoms with van der Waals surface area (Å²) in [6, 6.07) is 27.0. The van der Waals surface area contributed by atoms with Gasteiger partial charge in [0.2, 0.25) is 5.88 Å². The lowest BCUT2D eigenvalue weighted by atomic mass is 10.1.